The highest BCUT2D eigenvalue weighted by Gasteiger charge is 2.31. The summed E-state index contributed by atoms with van der Waals surface area (Å²) < 4.78 is 5.12. The van der Waals surface area contributed by atoms with E-state index in [-0.39, 0.29) is 0 Å². The van der Waals surface area contributed by atoms with E-state index in [1.807, 2.05) is 0 Å². The predicted octanol–water partition coefficient (Wildman–Crippen LogP) is 0.479. The zero-order valence-corrected chi connectivity index (χ0v) is 5.84. The van der Waals surface area contributed by atoms with Gasteiger partial charge in [0, 0.05) is 12.6 Å². The van der Waals surface area contributed by atoms with Gasteiger partial charge in [-0.25, -0.2) is 0 Å². The van der Waals surface area contributed by atoms with Crippen molar-refractivity contribution in [3.8, 4) is 0 Å². The zero-order chi connectivity index (χ0) is 6.27. The second-order valence-corrected chi connectivity index (χ2v) is 3.13. The van der Waals surface area contributed by atoms with Gasteiger partial charge in [0.1, 0.15) is 0 Å². The molecule has 0 spiro atoms. The Hall–Kier alpha value is -0.0800. The molecule has 0 amide bonds. The predicted molar refractivity (Wildman–Crippen MR) is 35.4 cm³/mol. The summed E-state index contributed by atoms with van der Waals surface area (Å²) in [7, 11) is 2.19. The summed E-state index contributed by atoms with van der Waals surface area (Å²) in [4.78, 5) is 2.41. The molecule has 2 rings (SSSR count). The number of hydrogen-bond donors (Lipinski definition) is 0. The van der Waals surface area contributed by atoms with Crippen LogP contribution in [0.2, 0.25) is 0 Å². The van der Waals surface area contributed by atoms with Gasteiger partial charge in [0.15, 0.2) is 0 Å². The molecule has 0 N–H and O–H groups in total. The molecule has 0 bridgehead atoms. The van der Waals surface area contributed by atoms with Gasteiger partial charge in [-0.15, -0.1) is 0 Å². The Morgan fingerprint density at radius 3 is 2.67 bits per heavy atom. The first-order chi connectivity index (χ1) is 4.36. The molecule has 1 saturated heterocycles. The van der Waals surface area contributed by atoms with E-state index >= 15 is 0 Å². The molecule has 1 aliphatic carbocycles. The average molecular weight is 127 g/mol. The van der Waals surface area contributed by atoms with E-state index in [0.29, 0.717) is 6.10 Å². The third-order valence-electron chi connectivity index (χ3n) is 2.06. The monoisotopic (exact) mass is 127 g/mol. The maximum absolute atomic E-state index is 5.12. The molecule has 0 radical (unpaired) electrons. The van der Waals surface area contributed by atoms with Gasteiger partial charge in [0.2, 0.25) is 0 Å². The number of ether oxygens (including phenoxy) is 1. The van der Waals surface area contributed by atoms with E-state index < -0.39 is 0 Å². The van der Waals surface area contributed by atoms with E-state index in [0.717, 1.165) is 19.2 Å². The van der Waals surface area contributed by atoms with Crippen LogP contribution in [0.5, 0.6) is 0 Å². The summed E-state index contributed by atoms with van der Waals surface area (Å²) in [6.45, 7) is 2.15. The van der Waals surface area contributed by atoms with E-state index in [4.69, 9.17) is 4.74 Å². The first-order valence-electron chi connectivity index (χ1n) is 3.68. The zero-order valence-electron chi connectivity index (χ0n) is 5.84. The van der Waals surface area contributed by atoms with E-state index in [2.05, 4.69) is 11.9 Å². The fourth-order valence-electron chi connectivity index (χ4n) is 1.16. The van der Waals surface area contributed by atoms with Gasteiger partial charge >= 0.3 is 0 Å². The Kier molecular flexibility index (Phi) is 1.24. The molecule has 52 valence electrons. The number of epoxide rings is 1. The van der Waals surface area contributed by atoms with Crippen molar-refractivity contribution < 1.29 is 4.74 Å². The molecule has 0 aromatic heterocycles. The lowest BCUT2D eigenvalue weighted by Crippen LogP contribution is -2.25. The van der Waals surface area contributed by atoms with Gasteiger partial charge in [-0.2, -0.15) is 0 Å². The standard InChI is InChI=1S/C7H13NO/c1-8(6-2-3-6)4-7-5-9-7/h6-7H,2-5H2,1H3/t7-/m1/s1. The molecule has 2 heteroatoms. The van der Waals surface area contributed by atoms with Crippen molar-refractivity contribution in [3.63, 3.8) is 0 Å². The van der Waals surface area contributed by atoms with Crippen molar-refractivity contribution in [2.45, 2.75) is 25.0 Å². The molecule has 1 atom stereocenters. The first kappa shape index (κ1) is 5.69. The number of nitrogens with zero attached hydrogens (tertiary/aromatic N) is 1. The van der Waals surface area contributed by atoms with Gasteiger partial charge in [0.25, 0.3) is 0 Å². The Labute approximate surface area is 55.8 Å². The summed E-state index contributed by atoms with van der Waals surface area (Å²) in [5, 5.41) is 0. The first-order valence-corrected chi connectivity index (χ1v) is 3.68. The molecule has 1 saturated carbocycles. The Balaban J connectivity index is 1.69. The fraction of sp³-hybridized carbons (Fsp3) is 1.00. The normalized spacial score (nSPS) is 33.3. The van der Waals surface area contributed by atoms with Gasteiger partial charge in [-0.05, 0) is 19.9 Å². The molecule has 9 heavy (non-hydrogen) atoms. The lowest BCUT2D eigenvalue weighted by molar-refractivity contribution is 0.277. The summed E-state index contributed by atoms with van der Waals surface area (Å²) >= 11 is 0. The Bertz CT molecular complexity index is 107. The van der Waals surface area contributed by atoms with Crippen LogP contribution in [0.1, 0.15) is 12.8 Å². The molecule has 2 fully saturated rings. The number of hydrogen-bond acceptors (Lipinski definition) is 2. The van der Waals surface area contributed by atoms with Gasteiger partial charge in [-0.1, -0.05) is 0 Å². The maximum Gasteiger partial charge on any atom is 0.0936 e. The fourth-order valence-corrected chi connectivity index (χ4v) is 1.16. The third kappa shape index (κ3) is 1.43. The molecule has 1 aliphatic heterocycles. The summed E-state index contributed by atoms with van der Waals surface area (Å²) in [5.41, 5.74) is 0. The van der Waals surface area contributed by atoms with Crippen LogP contribution in [-0.4, -0.2) is 37.2 Å². The highest BCUT2D eigenvalue weighted by atomic mass is 16.6. The third-order valence-corrected chi connectivity index (χ3v) is 2.06. The summed E-state index contributed by atoms with van der Waals surface area (Å²) in [5.74, 6) is 0. The van der Waals surface area contributed by atoms with Gasteiger partial charge < -0.3 is 9.64 Å². The summed E-state index contributed by atoms with van der Waals surface area (Å²) in [6, 6.07) is 0.897. The average Bonchev–Trinajstić information content (AvgIpc) is 2.62. The number of rotatable bonds is 3. The van der Waals surface area contributed by atoms with Crippen LogP contribution in [0.25, 0.3) is 0 Å². The lowest BCUT2D eigenvalue weighted by atomic mass is 10.4. The molecular weight excluding hydrogens is 114 g/mol. The molecule has 2 aliphatic rings. The van der Waals surface area contributed by atoms with E-state index in [1.54, 1.807) is 0 Å². The largest absolute Gasteiger partial charge is 0.372 e. The van der Waals surface area contributed by atoms with Crippen LogP contribution in [0, 0.1) is 0 Å². The molecule has 0 aromatic carbocycles. The summed E-state index contributed by atoms with van der Waals surface area (Å²) in [6.07, 6.45) is 3.39. The van der Waals surface area contributed by atoms with Crippen molar-refractivity contribution in [1.82, 2.24) is 4.90 Å². The number of likely N-dealkylation sites (N-methyl/N-ethyl adjacent to an activating group) is 1. The topological polar surface area (TPSA) is 15.8 Å². The van der Waals surface area contributed by atoms with Crippen molar-refractivity contribution in [1.29, 1.82) is 0 Å². The smallest absolute Gasteiger partial charge is 0.0936 e. The molecule has 2 nitrogen and oxygen atoms in total. The van der Waals surface area contributed by atoms with Crippen molar-refractivity contribution in [3.05, 3.63) is 0 Å². The minimum absolute atomic E-state index is 0.579. The van der Waals surface area contributed by atoms with E-state index in [1.165, 1.54) is 12.8 Å². The minimum Gasteiger partial charge on any atom is -0.372 e. The van der Waals surface area contributed by atoms with Crippen LogP contribution in [0.4, 0.5) is 0 Å². The molecule has 0 aromatic rings. The quantitative estimate of drug-likeness (QED) is 0.512. The van der Waals surface area contributed by atoms with Crippen molar-refractivity contribution in [2.75, 3.05) is 20.2 Å². The maximum atomic E-state index is 5.12. The minimum atomic E-state index is 0.579. The van der Waals surface area contributed by atoms with Crippen LogP contribution in [-0.2, 0) is 4.74 Å². The molecular formula is C7H13NO. The highest BCUT2D eigenvalue weighted by molar-refractivity contribution is 4.85. The van der Waals surface area contributed by atoms with Gasteiger partial charge in [0.05, 0.1) is 12.7 Å². The second-order valence-electron chi connectivity index (χ2n) is 3.13. The molecule has 1 heterocycles. The van der Waals surface area contributed by atoms with E-state index in [9.17, 15) is 0 Å². The van der Waals surface area contributed by atoms with Crippen LogP contribution in [0.3, 0.4) is 0 Å². The Morgan fingerprint density at radius 1 is 1.56 bits per heavy atom. The van der Waals surface area contributed by atoms with Crippen LogP contribution >= 0.6 is 0 Å². The van der Waals surface area contributed by atoms with Crippen LogP contribution in [0.15, 0.2) is 0 Å². The second kappa shape index (κ2) is 1.96. The SMILES string of the molecule is CN(C[C@@H]1CO1)C1CC1. The Morgan fingerprint density at radius 2 is 2.22 bits per heavy atom. The molecule has 0 unspecified atom stereocenters. The van der Waals surface area contributed by atoms with Crippen molar-refractivity contribution >= 4 is 0 Å². The highest BCUT2D eigenvalue weighted by Crippen LogP contribution is 2.26. The van der Waals surface area contributed by atoms with Crippen molar-refractivity contribution in [2.24, 2.45) is 0 Å². The van der Waals surface area contributed by atoms with Gasteiger partial charge in [-0.3, -0.25) is 0 Å². The van der Waals surface area contributed by atoms with Crippen LogP contribution < -0.4 is 0 Å². The lowest BCUT2D eigenvalue weighted by Gasteiger charge is -2.12.